The highest BCUT2D eigenvalue weighted by atomic mass is 16.7. The van der Waals surface area contributed by atoms with Gasteiger partial charge in [-0.3, -0.25) is 4.79 Å². The van der Waals surface area contributed by atoms with E-state index in [-0.39, 0.29) is 18.8 Å². The van der Waals surface area contributed by atoms with Gasteiger partial charge in [0.05, 0.1) is 12.3 Å². The Bertz CT molecular complexity index is 864. The maximum absolute atomic E-state index is 12.5. The molecule has 0 bridgehead atoms. The van der Waals surface area contributed by atoms with E-state index in [4.69, 9.17) is 18.9 Å². The van der Waals surface area contributed by atoms with Crippen LogP contribution >= 0.6 is 0 Å². The van der Waals surface area contributed by atoms with Crippen LogP contribution in [0.25, 0.3) is 0 Å². The smallest absolute Gasteiger partial charge is 0.231 e. The van der Waals surface area contributed by atoms with Gasteiger partial charge in [0, 0.05) is 24.5 Å². The summed E-state index contributed by atoms with van der Waals surface area (Å²) in [6, 6.07) is 9.59. The Morgan fingerprint density at radius 2 is 2.04 bits per heavy atom. The fourth-order valence-corrected chi connectivity index (χ4v) is 3.38. The molecule has 2 aromatic rings. The van der Waals surface area contributed by atoms with Crippen molar-refractivity contribution in [3.05, 3.63) is 41.5 Å². The van der Waals surface area contributed by atoms with Gasteiger partial charge in [0.1, 0.15) is 17.6 Å². The lowest BCUT2D eigenvalue weighted by atomic mass is 10.1. The highest BCUT2D eigenvalue weighted by Crippen LogP contribution is 2.38. The second kappa shape index (κ2) is 7.39. The van der Waals surface area contributed by atoms with Gasteiger partial charge < -0.3 is 24.3 Å². The Labute approximate surface area is 158 Å². The Morgan fingerprint density at radius 3 is 2.89 bits per heavy atom. The number of nitrogens with one attached hydrogen (secondary N) is 1. The zero-order valence-corrected chi connectivity index (χ0v) is 15.5. The number of carbonyl (C=O) groups is 1. The molecule has 27 heavy (non-hydrogen) atoms. The van der Waals surface area contributed by atoms with Crippen molar-refractivity contribution in [2.24, 2.45) is 0 Å². The maximum Gasteiger partial charge on any atom is 0.231 e. The molecule has 2 heterocycles. The van der Waals surface area contributed by atoms with Crippen molar-refractivity contribution in [1.82, 2.24) is 0 Å². The summed E-state index contributed by atoms with van der Waals surface area (Å²) < 4.78 is 22.2. The molecule has 1 amide bonds. The first-order valence-corrected chi connectivity index (χ1v) is 9.27. The summed E-state index contributed by atoms with van der Waals surface area (Å²) in [6.07, 6.45) is 1.98. The SMILES string of the molecule is CCOc1cc2c(cc1NC(=O)CCc1ccc3c(c1)OCO3)O[C@H](C)C2. The summed E-state index contributed by atoms with van der Waals surface area (Å²) in [5.74, 6) is 2.91. The third-order valence-electron chi connectivity index (χ3n) is 4.65. The van der Waals surface area contributed by atoms with Crippen molar-refractivity contribution in [3.8, 4) is 23.0 Å². The van der Waals surface area contributed by atoms with Crippen LogP contribution in [0.15, 0.2) is 30.3 Å². The Balaban J connectivity index is 1.42. The molecule has 0 unspecified atom stereocenters. The zero-order chi connectivity index (χ0) is 18.8. The number of hydrogen-bond donors (Lipinski definition) is 1. The highest BCUT2D eigenvalue weighted by Gasteiger charge is 2.22. The summed E-state index contributed by atoms with van der Waals surface area (Å²) in [5, 5.41) is 2.96. The van der Waals surface area contributed by atoms with Crippen LogP contribution in [0, 0.1) is 0 Å². The van der Waals surface area contributed by atoms with E-state index in [0.717, 1.165) is 34.8 Å². The maximum atomic E-state index is 12.5. The highest BCUT2D eigenvalue weighted by molar-refractivity contribution is 5.93. The third kappa shape index (κ3) is 3.79. The molecule has 142 valence electrons. The van der Waals surface area contributed by atoms with E-state index >= 15 is 0 Å². The van der Waals surface area contributed by atoms with E-state index in [0.29, 0.717) is 30.9 Å². The normalized spacial score (nSPS) is 16.6. The van der Waals surface area contributed by atoms with Gasteiger partial charge >= 0.3 is 0 Å². The number of rotatable bonds is 6. The number of hydrogen-bond acceptors (Lipinski definition) is 5. The first-order valence-electron chi connectivity index (χ1n) is 9.27. The van der Waals surface area contributed by atoms with Crippen molar-refractivity contribution in [2.75, 3.05) is 18.7 Å². The Morgan fingerprint density at radius 1 is 1.19 bits per heavy atom. The summed E-state index contributed by atoms with van der Waals surface area (Å²) in [6.45, 7) is 4.75. The Hall–Kier alpha value is -2.89. The van der Waals surface area contributed by atoms with Crippen LogP contribution in [-0.4, -0.2) is 25.4 Å². The number of anilines is 1. The number of ether oxygens (including phenoxy) is 4. The molecule has 0 saturated carbocycles. The molecule has 0 saturated heterocycles. The van der Waals surface area contributed by atoms with E-state index in [1.54, 1.807) is 0 Å². The number of fused-ring (bicyclic) bond motifs is 2. The van der Waals surface area contributed by atoms with Gasteiger partial charge in [0.2, 0.25) is 12.7 Å². The summed E-state index contributed by atoms with van der Waals surface area (Å²) in [5.41, 5.74) is 2.80. The quantitative estimate of drug-likeness (QED) is 0.841. The molecule has 0 radical (unpaired) electrons. The van der Waals surface area contributed by atoms with Gasteiger partial charge in [0.25, 0.3) is 0 Å². The van der Waals surface area contributed by atoms with E-state index in [2.05, 4.69) is 5.32 Å². The number of carbonyl (C=O) groups excluding carboxylic acids is 1. The second-order valence-corrected chi connectivity index (χ2v) is 6.76. The van der Waals surface area contributed by atoms with Gasteiger partial charge in [-0.1, -0.05) is 6.07 Å². The number of benzene rings is 2. The molecule has 6 nitrogen and oxygen atoms in total. The van der Waals surface area contributed by atoms with Gasteiger partial charge in [-0.15, -0.1) is 0 Å². The van der Waals surface area contributed by atoms with Crippen molar-refractivity contribution in [1.29, 1.82) is 0 Å². The fraction of sp³-hybridized carbons (Fsp3) is 0.381. The fourth-order valence-electron chi connectivity index (χ4n) is 3.38. The molecule has 2 aliphatic rings. The van der Waals surface area contributed by atoms with E-state index < -0.39 is 0 Å². The minimum absolute atomic E-state index is 0.0698. The van der Waals surface area contributed by atoms with Gasteiger partial charge in [0.15, 0.2) is 11.5 Å². The molecular formula is C21H23NO5. The lowest BCUT2D eigenvalue weighted by Crippen LogP contribution is -2.13. The second-order valence-electron chi connectivity index (χ2n) is 6.76. The van der Waals surface area contributed by atoms with E-state index in [9.17, 15) is 4.79 Å². The monoisotopic (exact) mass is 369 g/mol. The lowest BCUT2D eigenvalue weighted by Gasteiger charge is -2.13. The summed E-state index contributed by atoms with van der Waals surface area (Å²) in [4.78, 5) is 12.5. The average Bonchev–Trinajstić information content (AvgIpc) is 3.25. The van der Waals surface area contributed by atoms with Crippen LogP contribution in [0.1, 0.15) is 31.4 Å². The predicted octanol–water partition coefficient (Wildman–Crippen LogP) is 3.71. The molecule has 2 aromatic carbocycles. The molecule has 0 spiro atoms. The standard InChI is InChI=1S/C21H23NO5/c1-3-24-19-10-15-8-13(2)27-18(15)11-16(19)22-21(23)7-5-14-4-6-17-20(9-14)26-12-25-17/h4,6,9-11,13H,3,5,7-8,12H2,1-2H3,(H,22,23)/t13-/m1/s1. The van der Waals surface area contributed by atoms with Crippen LogP contribution in [0.4, 0.5) is 5.69 Å². The lowest BCUT2D eigenvalue weighted by molar-refractivity contribution is -0.116. The van der Waals surface area contributed by atoms with E-state index in [1.807, 2.05) is 44.2 Å². The molecule has 4 rings (SSSR count). The molecule has 6 heteroatoms. The van der Waals surface area contributed by atoms with Crippen molar-refractivity contribution >= 4 is 11.6 Å². The van der Waals surface area contributed by atoms with Gasteiger partial charge in [-0.2, -0.15) is 0 Å². The molecule has 0 fully saturated rings. The van der Waals surface area contributed by atoms with Crippen LogP contribution in [-0.2, 0) is 17.6 Å². The first kappa shape index (κ1) is 17.5. The molecule has 2 aliphatic heterocycles. The van der Waals surface area contributed by atoms with Gasteiger partial charge in [-0.05, 0) is 44.0 Å². The minimum Gasteiger partial charge on any atom is -0.492 e. The third-order valence-corrected chi connectivity index (χ3v) is 4.65. The van der Waals surface area contributed by atoms with Crippen LogP contribution < -0.4 is 24.3 Å². The number of aryl methyl sites for hydroxylation is 1. The van der Waals surface area contributed by atoms with Crippen LogP contribution in [0.5, 0.6) is 23.0 Å². The van der Waals surface area contributed by atoms with Crippen LogP contribution in [0.2, 0.25) is 0 Å². The molecule has 0 aliphatic carbocycles. The van der Waals surface area contributed by atoms with E-state index in [1.165, 1.54) is 0 Å². The Kier molecular flexibility index (Phi) is 4.79. The van der Waals surface area contributed by atoms with Crippen molar-refractivity contribution in [3.63, 3.8) is 0 Å². The van der Waals surface area contributed by atoms with Gasteiger partial charge in [-0.25, -0.2) is 0 Å². The zero-order valence-electron chi connectivity index (χ0n) is 15.5. The minimum atomic E-state index is -0.0698. The molecular weight excluding hydrogens is 346 g/mol. The average molecular weight is 369 g/mol. The van der Waals surface area contributed by atoms with Crippen LogP contribution in [0.3, 0.4) is 0 Å². The topological polar surface area (TPSA) is 66.0 Å². The molecule has 1 atom stereocenters. The van der Waals surface area contributed by atoms with Crippen molar-refractivity contribution < 1.29 is 23.7 Å². The van der Waals surface area contributed by atoms with Crippen molar-refractivity contribution in [2.45, 2.75) is 39.2 Å². The summed E-state index contributed by atoms with van der Waals surface area (Å²) in [7, 11) is 0. The largest absolute Gasteiger partial charge is 0.492 e. The number of amides is 1. The summed E-state index contributed by atoms with van der Waals surface area (Å²) >= 11 is 0. The predicted molar refractivity (Wildman–Crippen MR) is 101 cm³/mol. The molecule has 1 N–H and O–H groups in total. The first-order chi connectivity index (χ1) is 13.1. The molecule has 0 aromatic heterocycles.